The predicted octanol–water partition coefficient (Wildman–Crippen LogP) is 2.71. The average Bonchev–Trinajstić information content (AvgIpc) is 2.33. The molecule has 0 aromatic heterocycles. The number of nitrogens with one attached hydrogen (secondary N) is 1. The maximum absolute atomic E-state index is 9.44. The first-order chi connectivity index (χ1) is 7.84. The summed E-state index contributed by atoms with van der Waals surface area (Å²) in [6.45, 7) is 2.42. The molecular weight excluding hydrogens is 198 g/mol. The summed E-state index contributed by atoms with van der Waals surface area (Å²) in [6, 6.07) is 0. The molecule has 94 valence electrons. The molecular formula is C14H27NO. The Hall–Kier alpha value is -0.0800. The Morgan fingerprint density at radius 1 is 0.750 bits per heavy atom. The zero-order valence-corrected chi connectivity index (χ0v) is 10.5. The minimum absolute atomic E-state index is 0.00501. The van der Waals surface area contributed by atoms with Crippen LogP contribution in [0.3, 0.4) is 0 Å². The van der Waals surface area contributed by atoms with Crippen molar-refractivity contribution in [3.8, 4) is 0 Å². The van der Waals surface area contributed by atoms with Crippen LogP contribution in [0.1, 0.15) is 57.8 Å². The molecule has 2 rings (SSSR count). The summed E-state index contributed by atoms with van der Waals surface area (Å²) in [7, 11) is 0. The zero-order valence-electron chi connectivity index (χ0n) is 10.5. The second kappa shape index (κ2) is 6.61. The molecule has 0 unspecified atom stereocenters. The fourth-order valence-electron chi connectivity index (χ4n) is 3.23. The normalized spacial score (nSPS) is 32.8. The van der Waals surface area contributed by atoms with Crippen LogP contribution in [0, 0.1) is 11.8 Å². The predicted molar refractivity (Wildman–Crippen MR) is 67.4 cm³/mol. The van der Waals surface area contributed by atoms with Crippen molar-refractivity contribution in [2.45, 2.75) is 63.9 Å². The Balaban J connectivity index is 1.53. The van der Waals surface area contributed by atoms with E-state index in [-0.39, 0.29) is 6.10 Å². The lowest BCUT2D eigenvalue weighted by Crippen LogP contribution is -2.31. The van der Waals surface area contributed by atoms with Gasteiger partial charge in [0.15, 0.2) is 0 Å². The second-order valence-corrected chi connectivity index (χ2v) is 5.84. The quantitative estimate of drug-likeness (QED) is 0.771. The molecule has 0 aliphatic heterocycles. The molecule has 2 heteroatoms. The van der Waals surface area contributed by atoms with Crippen molar-refractivity contribution in [2.75, 3.05) is 13.1 Å². The van der Waals surface area contributed by atoms with Gasteiger partial charge in [0.05, 0.1) is 6.10 Å². The molecule has 0 aromatic rings. The Bertz CT molecular complexity index is 181. The number of aliphatic hydroxyl groups excluding tert-OH is 1. The van der Waals surface area contributed by atoms with E-state index in [1.165, 1.54) is 58.0 Å². The minimum atomic E-state index is -0.00501. The standard InChI is InChI=1S/C14H27NO/c16-14-8-6-13(7-9-14)11-15-10-12-4-2-1-3-5-12/h12-16H,1-11H2. The maximum Gasteiger partial charge on any atom is 0.0540 e. The van der Waals surface area contributed by atoms with Crippen molar-refractivity contribution in [1.82, 2.24) is 5.32 Å². The summed E-state index contributed by atoms with van der Waals surface area (Å²) >= 11 is 0. The third-order valence-electron chi connectivity index (χ3n) is 4.41. The highest BCUT2D eigenvalue weighted by atomic mass is 16.3. The van der Waals surface area contributed by atoms with Crippen LogP contribution in [0.5, 0.6) is 0 Å². The third-order valence-corrected chi connectivity index (χ3v) is 4.41. The number of hydrogen-bond donors (Lipinski definition) is 2. The van der Waals surface area contributed by atoms with Gasteiger partial charge in [0, 0.05) is 0 Å². The largest absolute Gasteiger partial charge is 0.393 e. The van der Waals surface area contributed by atoms with Crippen molar-refractivity contribution in [3.63, 3.8) is 0 Å². The van der Waals surface area contributed by atoms with E-state index < -0.39 is 0 Å². The molecule has 0 radical (unpaired) electrons. The van der Waals surface area contributed by atoms with Crippen LogP contribution >= 0.6 is 0 Å². The van der Waals surface area contributed by atoms with Gasteiger partial charge in [-0.1, -0.05) is 19.3 Å². The van der Waals surface area contributed by atoms with Crippen LogP contribution < -0.4 is 5.32 Å². The molecule has 0 heterocycles. The fourth-order valence-corrected chi connectivity index (χ4v) is 3.23. The highest BCUT2D eigenvalue weighted by Gasteiger charge is 2.19. The van der Waals surface area contributed by atoms with Gasteiger partial charge in [0.2, 0.25) is 0 Å². The Morgan fingerprint density at radius 3 is 1.94 bits per heavy atom. The molecule has 2 N–H and O–H groups in total. The van der Waals surface area contributed by atoms with Crippen LogP contribution in [0.2, 0.25) is 0 Å². The van der Waals surface area contributed by atoms with Crippen LogP contribution in [0.15, 0.2) is 0 Å². The zero-order chi connectivity index (χ0) is 11.2. The topological polar surface area (TPSA) is 32.3 Å². The third kappa shape index (κ3) is 4.06. The lowest BCUT2D eigenvalue weighted by atomic mass is 9.86. The summed E-state index contributed by atoms with van der Waals surface area (Å²) in [5.74, 6) is 1.77. The summed E-state index contributed by atoms with van der Waals surface area (Å²) in [6.07, 6.45) is 11.7. The van der Waals surface area contributed by atoms with Gasteiger partial charge in [-0.15, -0.1) is 0 Å². The summed E-state index contributed by atoms with van der Waals surface area (Å²) in [4.78, 5) is 0. The number of hydrogen-bond acceptors (Lipinski definition) is 2. The van der Waals surface area contributed by atoms with Crippen molar-refractivity contribution < 1.29 is 5.11 Å². The van der Waals surface area contributed by atoms with Crippen LogP contribution in [0.25, 0.3) is 0 Å². The highest BCUT2D eigenvalue weighted by Crippen LogP contribution is 2.25. The Kier molecular flexibility index (Phi) is 5.11. The summed E-state index contributed by atoms with van der Waals surface area (Å²) in [5.41, 5.74) is 0. The van der Waals surface area contributed by atoms with E-state index in [0.717, 1.165) is 24.7 Å². The molecule has 0 bridgehead atoms. The molecule has 2 saturated carbocycles. The minimum Gasteiger partial charge on any atom is -0.393 e. The molecule has 0 spiro atoms. The van der Waals surface area contributed by atoms with Gasteiger partial charge in [-0.3, -0.25) is 0 Å². The Labute approximate surface area is 99.8 Å². The van der Waals surface area contributed by atoms with Crippen LogP contribution in [-0.4, -0.2) is 24.3 Å². The van der Waals surface area contributed by atoms with Gasteiger partial charge in [-0.2, -0.15) is 0 Å². The van der Waals surface area contributed by atoms with Gasteiger partial charge in [0.25, 0.3) is 0 Å². The van der Waals surface area contributed by atoms with E-state index in [0.29, 0.717) is 0 Å². The van der Waals surface area contributed by atoms with E-state index in [2.05, 4.69) is 5.32 Å². The van der Waals surface area contributed by atoms with E-state index in [9.17, 15) is 5.11 Å². The van der Waals surface area contributed by atoms with Crippen molar-refractivity contribution >= 4 is 0 Å². The van der Waals surface area contributed by atoms with E-state index >= 15 is 0 Å². The van der Waals surface area contributed by atoms with Gasteiger partial charge < -0.3 is 10.4 Å². The molecule has 2 aliphatic carbocycles. The fraction of sp³-hybridized carbons (Fsp3) is 1.00. The monoisotopic (exact) mass is 225 g/mol. The molecule has 2 fully saturated rings. The van der Waals surface area contributed by atoms with Crippen LogP contribution in [0.4, 0.5) is 0 Å². The lowest BCUT2D eigenvalue weighted by Gasteiger charge is -2.27. The first-order valence-corrected chi connectivity index (χ1v) is 7.23. The van der Waals surface area contributed by atoms with Crippen LogP contribution in [-0.2, 0) is 0 Å². The molecule has 16 heavy (non-hydrogen) atoms. The molecule has 2 aliphatic rings. The van der Waals surface area contributed by atoms with Crippen molar-refractivity contribution in [3.05, 3.63) is 0 Å². The van der Waals surface area contributed by atoms with Gasteiger partial charge in [-0.25, -0.2) is 0 Å². The number of rotatable bonds is 4. The second-order valence-electron chi connectivity index (χ2n) is 5.84. The van der Waals surface area contributed by atoms with E-state index in [1.54, 1.807) is 0 Å². The number of aliphatic hydroxyl groups is 1. The van der Waals surface area contributed by atoms with E-state index in [4.69, 9.17) is 0 Å². The van der Waals surface area contributed by atoms with Gasteiger partial charge in [0.1, 0.15) is 0 Å². The summed E-state index contributed by atoms with van der Waals surface area (Å²) in [5, 5.41) is 13.1. The van der Waals surface area contributed by atoms with Crippen molar-refractivity contribution in [2.24, 2.45) is 11.8 Å². The molecule has 0 atom stereocenters. The molecule has 0 amide bonds. The highest BCUT2D eigenvalue weighted by molar-refractivity contribution is 4.74. The molecule has 0 saturated heterocycles. The molecule has 2 nitrogen and oxygen atoms in total. The van der Waals surface area contributed by atoms with E-state index in [1.807, 2.05) is 0 Å². The van der Waals surface area contributed by atoms with Gasteiger partial charge in [-0.05, 0) is 63.5 Å². The average molecular weight is 225 g/mol. The van der Waals surface area contributed by atoms with Gasteiger partial charge >= 0.3 is 0 Å². The smallest absolute Gasteiger partial charge is 0.0540 e. The lowest BCUT2D eigenvalue weighted by molar-refractivity contribution is 0.108. The Morgan fingerprint density at radius 2 is 1.31 bits per heavy atom. The first-order valence-electron chi connectivity index (χ1n) is 7.23. The SMILES string of the molecule is OC1CCC(CNCC2CCCCC2)CC1. The first kappa shape index (κ1) is 12.4. The summed E-state index contributed by atoms with van der Waals surface area (Å²) < 4.78 is 0. The van der Waals surface area contributed by atoms with Crippen molar-refractivity contribution in [1.29, 1.82) is 0 Å². The molecule has 0 aromatic carbocycles. The maximum atomic E-state index is 9.44.